The van der Waals surface area contributed by atoms with Crippen LogP contribution >= 0.6 is 0 Å². The summed E-state index contributed by atoms with van der Waals surface area (Å²) in [4.78, 5) is 17.5. The van der Waals surface area contributed by atoms with Gasteiger partial charge in [0.05, 0.1) is 24.6 Å². The van der Waals surface area contributed by atoms with Crippen molar-refractivity contribution in [2.24, 2.45) is 12.0 Å². The van der Waals surface area contributed by atoms with Crippen LogP contribution in [-0.4, -0.2) is 48.0 Å². The van der Waals surface area contributed by atoms with Gasteiger partial charge in [0.2, 0.25) is 5.88 Å². The van der Waals surface area contributed by atoms with E-state index in [0.717, 1.165) is 29.0 Å². The third-order valence-corrected chi connectivity index (χ3v) is 4.52. The molecule has 0 aromatic carbocycles. The number of nitrogens with zero attached hydrogens (tertiary/aromatic N) is 7. The minimum Gasteiger partial charge on any atom is -0.472 e. The van der Waals surface area contributed by atoms with Gasteiger partial charge in [0.15, 0.2) is 11.5 Å². The molecule has 9 nitrogen and oxygen atoms in total. The quantitative estimate of drug-likeness (QED) is 0.577. The molecular weight excluding hydrogens is 356 g/mol. The Balaban J connectivity index is 1.43. The summed E-state index contributed by atoms with van der Waals surface area (Å²) in [5.41, 5.74) is 3.50. The van der Waals surface area contributed by atoms with Crippen LogP contribution in [0.3, 0.4) is 0 Å². The van der Waals surface area contributed by atoms with E-state index in [1.165, 1.54) is 0 Å². The Bertz CT molecular complexity index is 1150. The van der Waals surface area contributed by atoms with Gasteiger partial charge in [0.25, 0.3) is 0 Å². The normalized spacial score (nSPS) is 16.0. The minimum atomic E-state index is 0.0543. The number of rotatable bonds is 5. The highest BCUT2D eigenvalue weighted by Gasteiger charge is 2.15. The average molecular weight is 374 g/mol. The molecule has 5 heterocycles. The van der Waals surface area contributed by atoms with Gasteiger partial charge in [-0.1, -0.05) is 0 Å². The number of aromatic nitrogens is 6. The zero-order valence-corrected chi connectivity index (χ0v) is 15.2. The van der Waals surface area contributed by atoms with E-state index in [4.69, 9.17) is 4.74 Å². The van der Waals surface area contributed by atoms with E-state index >= 15 is 0 Å². The van der Waals surface area contributed by atoms with Crippen LogP contribution in [0.5, 0.6) is 5.88 Å². The monoisotopic (exact) mass is 374 g/mol. The molecule has 1 atom stereocenters. The highest BCUT2D eigenvalue weighted by atomic mass is 16.5. The number of hydrogen-bond donors (Lipinski definition) is 1. The van der Waals surface area contributed by atoms with Crippen molar-refractivity contribution in [2.45, 2.75) is 12.5 Å². The number of aliphatic imine (C=N–C) groups is 1. The second-order valence-corrected chi connectivity index (χ2v) is 6.55. The first-order chi connectivity index (χ1) is 13.8. The lowest BCUT2D eigenvalue weighted by atomic mass is 10.3. The van der Waals surface area contributed by atoms with Gasteiger partial charge >= 0.3 is 0 Å². The lowest BCUT2D eigenvalue weighted by Crippen LogP contribution is -2.16. The van der Waals surface area contributed by atoms with Crippen molar-refractivity contribution in [2.75, 3.05) is 11.9 Å². The summed E-state index contributed by atoms with van der Waals surface area (Å²) in [6.45, 7) is 0.672. The molecule has 0 aliphatic carbocycles. The maximum Gasteiger partial charge on any atom is 0.215 e. The highest BCUT2D eigenvalue weighted by molar-refractivity contribution is 5.74. The van der Waals surface area contributed by atoms with E-state index < -0.39 is 0 Å². The predicted octanol–water partition coefficient (Wildman–Crippen LogP) is 2.49. The Morgan fingerprint density at radius 3 is 2.96 bits per heavy atom. The summed E-state index contributed by atoms with van der Waals surface area (Å²) in [5, 5.41) is 7.55. The van der Waals surface area contributed by atoms with Gasteiger partial charge in [-0.15, -0.1) is 0 Å². The van der Waals surface area contributed by atoms with Crippen molar-refractivity contribution in [3.63, 3.8) is 0 Å². The van der Waals surface area contributed by atoms with E-state index in [1.54, 1.807) is 17.1 Å². The fourth-order valence-corrected chi connectivity index (χ4v) is 3.18. The smallest absolute Gasteiger partial charge is 0.215 e. The zero-order valence-electron chi connectivity index (χ0n) is 15.2. The summed E-state index contributed by atoms with van der Waals surface area (Å²) in [6.07, 6.45) is 13.7. The van der Waals surface area contributed by atoms with E-state index in [0.29, 0.717) is 18.2 Å². The van der Waals surface area contributed by atoms with Crippen LogP contribution in [0.4, 0.5) is 11.5 Å². The molecule has 4 aromatic rings. The third-order valence-electron chi connectivity index (χ3n) is 4.52. The van der Waals surface area contributed by atoms with Gasteiger partial charge < -0.3 is 10.1 Å². The molecule has 0 saturated carbocycles. The SMILES string of the molecule is Cn1cc(-c2cnc3c(Nc4ccnc(O[C@H]5CC=NC5)c4)nccn23)cn1. The summed E-state index contributed by atoms with van der Waals surface area (Å²) >= 11 is 0. The Labute approximate surface area is 160 Å². The van der Waals surface area contributed by atoms with Crippen molar-refractivity contribution < 1.29 is 4.74 Å². The molecule has 0 unspecified atom stereocenters. The van der Waals surface area contributed by atoms with E-state index in [2.05, 4.69) is 30.4 Å². The van der Waals surface area contributed by atoms with Gasteiger partial charge in [-0.2, -0.15) is 5.10 Å². The van der Waals surface area contributed by atoms with Crippen LogP contribution in [0.15, 0.2) is 54.3 Å². The van der Waals surface area contributed by atoms with Crippen molar-refractivity contribution in [1.29, 1.82) is 0 Å². The van der Waals surface area contributed by atoms with Crippen LogP contribution < -0.4 is 10.1 Å². The number of nitrogens with one attached hydrogen (secondary N) is 1. The van der Waals surface area contributed by atoms with Crippen LogP contribution in [0, 0.1) is 0 Å². The summed E-state index contributed by atoms with van der Waals surface area (Å²) in [6, 6.07) is 3.72. The predicted molar refractivity (Wildman–Crippen MR) is 105 cm³/mol. The minimum absolute atomic E-state index is 0.0543. The van der Waals surface area contributed by atoms with Crippen LogP contribution in [0.2, 0.25) is 0 Å². The molecule has 1 aliphatic heterocycles. The molecule has 5 rings (SSSR count). The number of imidazole rings is 1. The van der Waals surface area contributed by atoms with Gasteiger partial charge in [0, 0.05) is 61.8 Å². The number of anilines is 2. The first kappa shape index (κ1) is 16.4. The topological polar surface area (TPSA) is 94.5 Å². The van der Waals surface area contributed by atoms with Crippen molar-refractivity contribution in [3.8, 4) is 17.1 Å². The number of aryl methyl sites for hydroxylation is 1. The summed E-state index contributed by atoms with van der Waals surface area (Å²) < 4.78 is 9.63. The lowest BCUT2D eigenvalue weighted by Gasteiger charge is -2.12. The van der Waals surface area contributed by atoms with E-state index in [9.17, 15) is 0 Å². The highest BCUT2D eigenvalue weighted by Crippen LogP contribution is 2.26. The van der Waals surface area contributed by atoms with Crippen molar-refractivity contribution >= 4 is 23.4 Å². The maximum absolute atomic E-state index is 5.88. The van der Waals surface area contributed by atoms with E-state index in [-0.39, 0.29) is 6.10 Å². The Morgan fingerprint density at radius 2 is 2.14 bits per heavy atom. The molecule has 140 valence electrons. The summed E-state index contributed by atoms with van der Waals surface area (Å²) in [7, 11) is 1.89. The van der Waals surface area contributed by atoms with Crippen LogP contribution in [0.1, 0.15) is 6.42 Å². The largest absolute Gasteiger partial charge is 0.472 e. The average Bonchev–Trinajstić information content (AvgIpc) is 3.43. The third kappa shape index (κ3) is 3.07. The van der Waals surface area contributed by atoms with Gasteiger partial charge in [-0.3, -0.25) is 14.1 Å². The summed E-state index contributed by atoms with van der Waals surface area (Å²) in [5.74, 6) is 1.21. The van der Waals surface area contributed by atoms with Crippen LogP contribution in [-0.2, 0) is 7.05 Å². The number of ether oxygens (including phenoxy) is 1. The zero-order chi connectivity index (χ0) is 18.9. The van der Waals surface area contributed by atoms with Crippen molar-refractivity contribution in [3.05, 3.63) is 49.3 Å². The number of hydrogen-bond acceptors (Lipinski definition) is 7. The molecule has 0 radical (unpaired) electrons. The van der Waals surface area contributed by atoms with Gasteiger partial charge in [-0.25, -0.2) is 15.0 Å². The van der Waals surface area contributed by atoms with E-state index in [1.807, 2.05) is 54.6 Å². The molecule has 1 N–H and O–H groups in total. The maximum atomic E-state index is 5.88. The first-order valence-corrected chi connectivity index (χ1v) is 8.95. The molecule has 9 heteroatoms. The molecule has 0 bridgehead atoms. The molecule has 0 spiro atoms. The fraction of sp³-hybridized carbons (Fsp3) is 0.211. The molecule has 0 fully saturated rings. The van der Waals surface area contributed by atoms with Gasteiger partial charge in [0.1, 0.15) is 6.10 Å². The number of fused-ring (bicyclic) bond motifs is 1. The Morgan fingerprint density at radius 1 is 1.18 bits per heavy atom. The molecule has 28 heavy (non-hydrogen) atoms. The van der Waals surface area contributed by atoms with Gasteiger partial charge in [-0.05, 0) is 6.07 Å². The molecule has 0 amide bonds. The second kappa shape index (κ2) is 6.76. The fourth-order valence-electron chi connectivity index (χ4n) is 3.18. The first-order valence-electron chi connectivity index (χ1n) is 8.95. The Kier molecular flexibility index (Phi) is 3.97. The molecule has 0 saturated heterocycles. The van der Waals surface area contributed by atoms with Crippen LogP contribution in [0.25, 0.3) is 16.9 Å². The Hall–Kier alpha value is -3.75. The molecular formula is C19H18N8O. The second-order valence-electron chi connectivity index (χ2n) is 6.55. The standard InChI is InChI=1S/C19H18N8O/c1-26-12-13(9-24-26)16-11-23-19-18(22-6-7-27(16)19)25-14-2-5-21-17(8-14)28-15-3-4-20-10-15/h2,4-9,11-12,15H,3,10H2,1H3,(H,21,22,25)/t15-/m0/s1. The lowest BCUT2D eigenvalue weighted by molar-refractivity contribution is 0.218. The molecule has 4 aromatic heterocycles. The molecule has 1 aliphatic rings. The van der Waals surface area contributed by atoms with Crippen molar-refractivity contribution in [1.82, 2.24) is 29.1 Å². The number of pyridine rings is 1.